The Labute approximate surface area is 197 Å². The SMILES string of the molecule is CCCN(Cc1c(C)nn(-c2cccc(F)c2)c1N1CCN(CC)CC1)C(=O)NC(C)(C)C. The molecule has 1 aliphatic heterocycles. The summed E-state index contributed by atoms with van der Waals surface area (Å²) < 4.78 is 15.9. The van der Waals surface area contributed by atoms with Crippen molar-refractivity contribution in [3.63, 3.8) is 0 Å². The zero-order chi connectivity index (χ0) is 24.2. The molecule has 0 unspecified atom stereocenters. The molecule has 2 aromatic rings. The van der Waals surface area contributed by atoms with Gasteiger partial charge in [-0.25, -0.2) is 13.9 Å². The summed E-state index contributed by atoms with van der Waals surface area (Å²) in [6.45, 7) is 18.0. The Balaban J connectivity index is 2.01. The first-order chi connectivity index (χ1) is 15.6. The van der Waals surface area contributed by atoms with Gasteiger partial charge in [-0.15, -0.1) is 0 Å². The number of hydrogen-bond donors (Lipinski definition) is 1. The van der Waals surface area contributed by atoms with E-state index in [4.69, 9.17) is 5.10 Å². The number of aryl methyl sites for hydroxylation is 1. The average molecular weight is 459 g/mol. The Bertz CT molecular complexity index is 943. The van der Waals surface area contributed by atoms with E-state index in [1.54, 1.807) is 6.07 Å². The number of nitrogens with zero attached hydrogens (tertiary/aromatic N) is 5. The standard InChI is InChI=1S/C25H39FN6O/c1-7-12-31(24(33)27-25(4,5)6)18-22-19(3)28-32(21-11-9-10-20(26)17-21)23(22)30-15-13-29(8-2)14-16-30/h9-11,17H,7-8,12-16,18H2,1-6H3,(H,27,33). The van der Waals surface area contributed by atoms with Gasteiger partial charge in [0.05, 0.1) is 17.9 Å². The highest BCUT2D eigenvalue weighted by atomic mass is 19.1. The number of urea groups is 1. The summed E-state index contributed by atoms with van der Waals surface area (Å²) in [5.41, 5.74) is 2.25. The van der Waals surface area contributed by atoms with E-state index in [1.165, 1.54) is 12.1 Å². The number of amides is 2. The lowest BCUT2D eigenvalue weighted by molar-refractivity contribution is 0.186. The number of carbonyl (C=O) groups excluding carboxylic acids is 1. The van der Waals surface area contributed by atoms with Gasteiger partial charge in [-0.3, -0.25) is 0 Å². The van der Waals surface area contributed by atoms with E-state index in [1.807, 2.05) is 43.3 Å². The van der Waals surface area contributed by atoms with Gasteiger partial charge in [0.15, 0.2) is 0 Å². The molecule has 2 heterocycles. The van der Waals surface area contributed by atoms with E-state index in [9.17, 15) is 9.18 Å². The summed E-state index contributed by atoms with van der Waals surface area (Å²) in [6, 6.07) is 6.46. The highest BCUT2D eigenvalue weighted by Gasteiger charge is 2.28. The average Bonchev–Trinajstić information content (AvgIpc) is 3.08. The van der Waals surface area contributed by atoms with Crippen LogP contribution in [0.15, 0.2) is 24.3 Å². The minimum Gasteiger partial charge on any atom is -0.354 e. The predicted molar refractivity (Wildman–Crippen MR) is 132 cm³/mol. The molecule has 8 heteroatoms. The fraction of sp³-hybridized carbons (Fsp3) is 0.600. The lowest BCUT2D eigenvalue weighted by atomic mass is 10.1. The predicted octanol–water partition coefficient (Wildman–Crippen LogP) is 4.18. The van der Waals surface area contributed by atoms with Crippen molar-refractivity contribution < 1.29 is 9.18 Å². The smallest absolute Gasteiger partial charge is 0.318 e. The van der Waals surface area contributed by atoms with Crippen LogP contribution in [-0.4, -0.2) is 70.4 Å². The lowest BCUT2D eigenvalue weighted by Gasteiger charge is -2.36. The Morgan fingerprint density at radius 3 is 2.45 bits per heavy atom. The van der Waals surface area contributed by atoms with Gasteiger partial charge >= 0.3 is 6.03 Å². The molecule has 0 saturated carbocycles. The quantitative estimate of drug-likeness (QED) is 0.676. The summed E-state index contributed by atoms with van der Waals surface area (Å²) in [5, 5.41) is 7.91. The number of carbonyl (C=O) groups is 1. The number of piperazine rings is 1. The van der Waals surface area contributed by atoms with Crippen molar-refractivity contribution in [3.05, 3.63) is 41.3 Å². The van der Waals surface area contributed by atoms with E-state index >= 15 is 0 Å². The Kier molecular flexibility index (Phi) is 8.00. The molecular formula is C25H39FN6O. The molecule has 2 amide bonds. The molecule has 1 N–H and O–H groups in total. The van der Waals surface area contributed by atoms with Gasteiger partial charge in [0.1, 0.15) is 11.6 Å². The molecule has 33 heavy (non-hydrogen) atoms. The Morgan fingerprint density at radius 2 is 1.88 bits per heavy atom. The van der Waals surface area contributed by atoms with Crippen molar-refractivity contribution in [3.8, 4) is 5.69 Å². The summed E-state index contributed by atoms with van der Waals surface area (Å²) >= 11 is 0. The second-order valence-electron chi connectivity index (χ2n) is 9.80. The number of rotatable bonds is 7. The number of halogens is 1. The monoisotopic (exact) mass is 458 g/mol. The number of nitrogens with one attached hydrogen (secondary N) is 1. The van der Waals surface area contributed by atoms with Crippen molar-refractivity contribution in [2.45, 2.75) is 60.0 Å². The maximum absolute atomic E-state index is 14.1. The molecule has 3 rings (SSSR count). The van der Waals surface area contributed by atoms with Crippen LogP contribution in [0.25, 0.3) is 5.69 Å². The summed E-state index contributed by atoms with van der Waals surface area (Å²) in [7, 11) is 0. The molecule has 1 aromatic carbocycles. The zero-order valence-electron chi connectivity index (χ0n) is 21.0. The minimum atomic E-state index is -0.316. The molecule has 1 aromatic heterocycles. The molecule has 182 valence electrons. The van der Waals surface area contributed by atoms with E-state index in [0.29, 0.717) is 18.8 Å². The van der Waals surface area contributed by atoms with Crippen LogP contribution in [0.2, 0.25) is 0 Å². The van der Waals surface area contributed by atoms with E-state index in [-0.39, 0.29) is 17.4 Å². The van der Waals surface area contributed by atoms with Crippen LogP contribution >= 0.6 is 0 Å². The first kappa shape index (κ1) is 25.0. The highest BCUT2D eigenvalue weighted by Crippen LogP contribution is 2.30. The van der Waals surface area contributed by atoms with E-state index in [2.05, 4.69) is 29.0 Å². The van der Waals surface area contributed by atoms with Crippen LogP contribution < -0.4 is 10.2 Å². The molecule has 1 aliphatic rings. The zero-order valence-corrected chi connectivity index (χ0v) is 21.0. The summed E-state index contributed by atoms with van der Waals surface area (Å²) in [5.74, 6) is 0.666. The van der Waals surface area contributed by atoms with Crippen LogP contribution in [0.5, 0.6) is 0 Å². The molecule has 0 atom stereocenters. The first-order valence-corrected chi connectivity index (χ1v) is 12.0. The molecule has 1 fully saturated rings. The maximum Gasteiger partial charge on any atom is 0.318 e. The van der Waals surface area contributed by atoms with Gasteiger partial charge < -0.3 is 20.0 Å². The molecule has 7 nitrogen and oxygen atoms in total. The van der Waals surface area contributed by atoms with Gasteiger partial charge in [-0.2, -0.15) is 5.10 Å². The van der Waals surface area contributed by atoms with Crippen LogP contribution in [0, 0.1) is 12.7 Å². The van der Waals surface area contributed by atoms with Crippen molar-refractivity contribution in [1.82, 2.24) is 24.9 Å². The van der Waals surface area contributed by atoms with Crippen LogP contribution in [-0.2, 0) is 6.54 Å². The number of benzene rings is 1. The molecular weight excluding hydrogens is 419 g/mol. The van der Waals surface area contributed by atoms with Crippen LogP contribution in [0.3, 0.4) is 0 Å². The third-order valence-corrected chi connectivity index (χ3v) is 5.94. The number of aromatic nitrogens is 2. The third kappa shape index (κ3) is 6.25. The van der Waals surface area contributed by atoms with Crippen molar-refractivity contribution >= 4 is 11.8 Å². The second-order valence-corrected chi connectivity index (χ2v) is 9.80. The van der Waals surface area contributed by atoms with Gasteiger partial charge in [0.2, 0.25) is 0 Å². The first-order valence-electron chi connectivity index (χ1n) is 12.0. The van der Waals surface area contributed by atoms with Crippen molar-refractivity contribution in [2.75, 3.05) is 44.2 Å². The van der Waals surface area contributed by atoms with Crippen molar-refractivity contribution in [1.29, 1.82) is 0 Å². The van der Waals surface area contributed by atoms with E-state index < -0.39 is 0 Å². The Hall–Kier alpha value is -2.61. The van der Waals surface area contributed by atoms with E-state index in [0.717, 1.165) is 56.2 Å². The normalized spacial score (nSPS) is 15.1. The topological polar surface area (TPSA) is 56.6 Å². The second kappa shape index (κ2) is 10.5. The largest absolute Gasteiger partial charge is 0.354 e. The van der Waals surface area contributed by atoms with Gasteiger partial charge in [-0.1, -0.05) is 19.9 Å². The van der Waals surface area contributed by atoms with Gasteiger partial charge in [-0.05, 0) is 58.9 Å². The molecule has 1 saturated heterocycles. The minimum absolute atomic E-state index is 0.0796. The van der Waals surface area contributed by atoms with Crippen LogP contribution in [0.1, 0.15) is 52.3 Å². The number of hydrogen-bond acceptors (Lipinski definition) is 4. The summed E-state index contributed by atoms with van der Waals surface area (Å²) in [6.07, 6.45) is 0.860. The Morgan fingerprint density at radius 1 is 1.18 bits per heavy atom. The molecule has 0 bridgehead atoms. The lowest BCUT2D eigenvalue weighted by Crippen LogP contribution is -2.49. The number of anilines is 1. The van der Waals surface area contributed by atoms with Crippen molar-refractivity contribution in [2.24, 2.45) is 0 Å². The summed E-state index contributed by atoms with van der Waals surface area (Å²) in [4.78, 5) is 19.7. The number of likely N-dealkylation sites (N-methyl/N-ethyl adjacent to an activating group) is 1. The van der Waals surface area contributed by atoms with Gasteiger partial charge in [0, 0.05) is 43.8 Å². The highest BCUT2D eigenvalue weighted by molar-refractivity contribution is 5.75. The fourth-order valence-electron chi connectivity index (χ4n) is 4.23. The molecule has 0 radical (unpaired) electrons. The molecule has 0 spiro atoms. The van der Waals surface area contributed by atoms with Crippen LogP contribution in [0.4, 0.5) is 15.0 Å². The maximum atomic E-state index is 14.1. The van der Waals surface area contributed by atoms with Gasteiger partial charge in [0.25, 0.3) is 0 Å². The third-order valence-electron chi connectivity index (χ3n) is 5.94. The molecule has 0 aliphatic carbocycles. The fourth-order valence-corrected chi connectivity index (χ4v) is 4.23.